The van der Waals surface area contributed by atoms with Crippen molar-refractivity contribution in [3.8, 4) is 11.5 Å². The summed E-state index contributed by atoms with van der Waals surface area (Å²) < 4.78 is 15.2. The Hall–Kier alpha value is -3.55. The summed E-state index contributed by atoms with van der Waals surface area (Å²) in [5, 5.41) is 5.06. The predicted molar refractivity (Wildman–Crippen MR) is 107 cm³/mol. The molecule has 0 aromatic heterocycles. The van der Waals surface area contributed by atoms with Crippen molar-refractivity contribution >= 4 is 23.5 Å². The lowest BCUT2D eigenvalue weighted by atomic mass is 10.1. The van der Waals surface area contributed by atoms with Crippen LogP contribution in [0.4, 0.5) is 5.69 Å². The van der Waals surface area contributed by atoms with Crippen LogP contribution < -0.4 is 20.1 Å². The average molecular weight is 400 g/mol. The Balaban J connectivity index is 1.80. The maximum Gasteiger partial charge on any atom is 0.325 e. The summed E-state index contributed by atoms with van der Waals surface area (Å²) in [6.07, 6.45) is 0. The van der Waals surface area contributed by atoms with Gasteiger partial charge in [0, 0.05) is 11.6 Å². The fourth-order valence-corrected chi connectivity index (χ4v) is 2.42. The van der Waals surface area contributed by atoms with Crippen LogP contribution in [-0.2, 0) is 14.3 Å². The predicted octanol–water partition coefficient (Wildman–Crippen LogP) is 2.23. The zero-order chi connectivity index (χ0) is 21.4. The molecule has 0 heterocycles. The topological polar surface area (TPSA) is 103 Å². The molecule has 0 unspecified atom stereocenters. The zero-order valence-corrected chi connectivity index (χ0v) is 16.8. The number of ether oxygens (including phenoxy) is 3. The van der Waals surface area contributed by atoms with Gasteiger partial charge in [0.25, 0.3) is 11.8 Å². The van der Waals surface area contributed by atoms with Crippen LogP contribution in [0.1, 0.15) is 21.5 Å². The molecule has 0 radical (unpaired) electrons. The Labute approximate surface area is 169 Å². The molecule has 2 rings (SSSR count). The molecule has 0 atom stereocenters. The minimum atomic E-state index is -0.723. The fourth-order valence-electron chi connectivity index (χ4n) is 2.42. The molecule has 0 aliphatic carbocycles. The van der Waals surface area contributed by atoms with Crippen molar-refractivity contribution in [2.75, 3.05) is 32.7 Å². The molecule has 0 aliphatic heterocycles. The lowest BCUT2D eigenvalue weighted by Gasteiger charge is -2.12. The Morgan fingerprint density at radius 2 is 1.69 bits per heavy atom. The van der Waals surface area contributed by atoms with Crippen molar-refractivity contribution in [3.05, 3.63) is 53.1 Å². The number of amides is 2. The first-order valence-electron chi connectivity index (χ1n) is 8.87. The van der Waals surface area contributed by atoms with E-state index >= 15 is 0 Å². The van der Waals surface area contributed by atoms with Gasteiger partial charge in [0.15, 0.2) is 6.61 Å². The van der Waals surface area contributed by atoms with E-state index in [0.717, 1.165) is 11.1 Å². The van der Waals surface area contributed by atoms with Gasteiger partial charge in [-0.25, -0.2) is 0 Å². The molecule has 0 aliphatic rings. The van der Waals surface area contributed by atoms with Gasteiger partial charge in [0.1, 0.15) is 18.0 Å². The molecule has 0 spiro atoms. The molecule has 2 aromatic carbocycles. The summed E-state index contributed by atoms with van der Waals surface area (Å²) in [7, 11) is 2.98. The van der Waals surface area contributed by atoms with Gasteiger partial charge >= 0.3 is 5.97 Å². The van der Waals surface area contributed by atoms with Gasteiger partial charge < -0.3 is 24.8 Å². The number of methoxy groups -OCH3 is 2. The lowest BCUT2D eigenvalue weighted by molar-refractivity contribution is -0.146. The van der Waals surface area contributed by atoms with E-state index in [1.807, 2.05) is 19.9 Å². The number of carbonyl (C=O) groups is 3. The van der Waals surface area contributed by atoms with Crippen molar-refractivity contribution in [2.45, 2.75) is 13.8 Å². The third kappa shape index (κ3) is 6.24. The highest BCUT2D eigenvalue weighted by Gasteiger charge is 2.13. The first-order chi connectivity index (χ1) is 13.8. The van der Waals surface area contributed by atoms with Crippen LogP contribution in [0, 0.1) is 13.8 Å². The molecule has 154 valence electrons. The maximum absolute atomic E-state index is 12.1. The number of rotatable bonds is 8. The Morgan fingerprint density at radius 1 is 0.931 bits per heavy atom. The third-order valence-electron chi connectivity index (χ3n) is 4.21. The molecule has 8 heteroatoms. The highest BCUT2D eigenvalue weighted by atomic mass is 16.5. The standard InChI is InChI=1S/C21H24N2O6/c1-13-5-6-15(9-14(13)2)21(26)22-11-20(25)29-12-19(24)23-17-8-7-16(27-3)10-18(17)28-4/h5-10H,11-12H2,1-4H3,(H,22,26)(H,23,24). The second-order valence-corrected chi connectivity index (χ2v) is 6.26. The number of anilines is 1. The highest BCUT2D eigenvalue weighted by Crippen LogP contribution is 2.28. The summed E-state index contributed by atoms with van der Waals surface area (Å²) in [5.74, 6) is -0.672. The minimum Gasteiger partial charge on any atom is -0.497 e. The van der Waals surface area contributed by atoms with E-state index in [9.17, 15) is 14.4 Å². The van der Waals surface area contributed by atoms with E-state index in [2.05, 4.69) is 10.6 Å². The minimum absolute atomic E-state index is 0.342. The maximum atomic E-state index is 12.1. The Kier molecular flexibility index (Phi) is 7.59. The van der Waals surface area contributed by atoms with Gasteiger partial charge in [-0.2, -0.15) is 0 Å². The molecule has 29 heavy (non-hydrogen) atoms. The number of nitrogens with one attached hydrogen (secondary N) is 2. The second kappa shape index (κ2) is 10.1. The lowest BCUT2D eigenvalue weighted by Crippen LogP contribution is -2.32. The first-order valence-corrected chi connectivity index (χ1v) is 8.87. The molecule has 0 fully saturated rings. The summed E-state index contributed by atoms with van der Waals surface area (Å²) >= 11 is 0. The largest absolute Gasteiger partial charge is 0.497 e. The molecule has 2 N–H and O–H groups in total. The zero-order valence-electron chi connectivity index (χ0n) is 16.8. The van der Waals surface area contributed by atoms with E-state index in [1.165, 1.54) is 14.2 Å². The first kappa shape index (κ1) is 21.7. The van der Waals surface area contributed by atoms with Crippen molar-refractivity contribution in [2.24, 2.45) is 0 Å². The van der Waals surface area contributed by atoms with Gasteiger partial charge in [-0.15, -0.1) is 0 Å². The summed E-state index contributed by atoms with van der Waals surface area (Å²) in [5.41, 5.74) is 2.91. The number of carbonyl (C=O) groups excluding carboxylic acids is 3. The second-order valence-electron chi connectivity index (χ2n) is 6.26. The van der Waals surface area contributed by atoms with Gasteiger partial charge in [-0.3, -0.25) is 14.4 Å². The van der Waals surface area contributed by atoms with E-state index < -0.39 is 24.4 Å². The fraction of sp³-hybridized carbons (Fsp3) is 0.286. The summed E-state index contributed by atoms with van der Waals surface area (Å²) in [6, 6.07) is 10.1. The molecular weight excluding hydrogens is 376 g/mol. The van der Waals surface area contributed by atoms with Crippen LogP contribution in [-0.4, -0.2) is 45.2 Å². The van der Waals surface area contributed by atoms with E-state index in [4.69, 9.17) is 14.2 Å². The van der Waals surface area contributed by atoms with Crippen LogP contribution in [0.25, 0.3) is 0 Å². The SMILES string of the molecule is COc1ccc(NC(=O)COC(=O)CNC(=O)c2ccc(C)c(C)c2)c(OC)c1. The third-order valence-corrected chi connectivity index (χ3v) is 4.21. The van der Waals surface area contributed by atoms with Crippen molar-refractivity contribution in [3.63, 3.8) is 0 Å². The number of aryl methyl sites for hydroxylation is 2. The van der Waals surface area contributed by atoms with Gasteiger partial charge in [-0.1, -0.05) is 6.07 Å². The van der Waals surface area contributed by atoms with Crippen molar-refractivity contribution in [1.29, 1.82) is 0 Å². The van der Waals surface area contributed by atoms with E-state index in [-0.39, 0.29) is 6.54 Å². The van der Waals surface area contributed by atoms with Crippen LogP contribution in [0.15, 0.2) is 36.4 Å². The molecule has 8 nitrogen and oxygen atoms in total. The number of benzene rings is 2. The van der Waals surface area contributed by atoms with Gasteiger partial charge in [0.2, 0.25) is 0 Å². The number of hydrogen-bond donors (Lipinski definition) is 2. The van der Waals surface area contributed by atoms with Gasteiger partial charge in [0.05, 0.1) is 19.9 Å². The van der Waals surface area contributed by atoms with Crippen molar-refractivity contribution in [1.82, 2.24) is 5.32 Å². The molecule has 2 amide bonds. The van der Waals surface area contributed by atoms with Crippen LogP contribution in [0.5, 0.6) is 11.5 Å². The van der Waals surface area contributed by atoms with E-state index in [0.29, 0.717) is 22.7 Å². The normalized spacial score (nSPS) is 10.1. The van der Waals surface area contributed by atoms with Crippen LogP contribution in [0.2, 0.25) is 0 Å². The quantitative estimate of drug-likeness (QED) is 0.659. The monoisotopic (exact) mass is 400 g/mol. The van der Waals surface area contributed by atoms with Gasteiger partial charge in [-0.05, 0) is 49.2 Å². The van der Waals surface area contributed by atoms with Crippen LogP contribution >= 0.6 is 0 Å². The molecule has 2 aromatic rings. The smallest absolute Gasteiger partial charge is 0.325 e. The Bertz CT molecular complexity index is 910. The summed E-state index contributed by atoms with van der Waals surface area (Å²) in [4.78, 5) is 35.9. The average Bonchev–Trinajstić information content (AvgIpc) is 2.72. The summed E-state index contributed by atoms with van der Waals surface area (Å²) in [6.45, 7) is 3.01. The Morgan fingerprint density at radius 3 is 2.34 bits per heavy atom. The number of hydrogen-bond acceptors (Lipinski definition) is 6. The molecule has 0 saturated carbocycles. The molecule has 0 saturated heterocycles. The van der Waals surface area contributed by atoms with Crippen molar-refractivity contribution < 1.29 is 28.6 Å². The molecular formula is C21H24N2O6. The van der Waals surface area contributed by atoms with E-state index in [1.54, 1.807) is 30.3 Å². The number of esters is 1. The highest BCUT2D eigenvalue weighted by molar-refractivity contribution is 5.97. The molecule has 0 bridgehead atoms. The van der Waals surface area contributed by atoms with Crippen LogP contribution in [0.3, 0.4) is 0 Å².